The van der Waals surface area contributed by atoms with Gasteiger partial charge in [-0.1, -0.05) is 0 Å². The predicted molar refractivity (Wildman–Crippen MR) is 126 cm³/mol. The van der Waals surface area contributed by atoms with Gasteiger partial charge in [0.25, 0.3) is 0 Å². The van der Waals surface area contributed by atoms with Crippen LogP contribution in [0.3, 0.4) is 0 Å². The predicted octanol–water partition coefficient (Wildman–Crippen LogP) is 5.38. The summed E-state index contributed by atoms with van der Waals surface area (Å²) in [6, 6.07) is 1.56. The molecule has 1 unspecified atom stereocenters. The molecular weight excluding hydrogens is 421 g/mol. The first-order chi connectivity index (χ1) is 15.5. The molecule has 5 nitrogen and oxygen atoms in total. The second-order valence-electron chi connectivity index (χ2n) is 10.0. The molecule has 0 aromatic heterocycles. The highest BCUT2D eigenvalue weighted by atomic mass is 19.1. The molecular formula is C27H34FNO4. The van der Waals surface area contributed by atoms with Crippen molar-refractivity contribution in [3.63, 3.8) is 0 Å². The smallest absolute Gasteiger partial charge is 0.339 e. The summed E-state index contributed by atoms with van der Waals surface area (Å²) in [4.78, 5) is 13.1. The van der Waals surface area contributed by atoms with Crippen LogP contribution in [0.4, 0.5) is 4.39 Å². The Morgan fingerprint density at radius 2 is 1.76 bits per heavy atom. The van der Waals surface area contributed by atoms with Crippen LogP contribution in [0.1, 0.15) is 72.2 Å². The van der Waals surface area contributed by atoms with Crippen molar-refractivity contribution in [3.8, 4) is 16.9 Å². The van der Waals surface area contributed by atoms with E-state index >= 15 is 4.39 Å². The first kappa shape index (κ1) is 23.7. The van der Waals surface area contributed by atoms with Gasteiger partial charge in [0, 0.05) is 24.2 Å². The summed E-state index contributed by atoms with van der Waals surface area (Å²) in [5, 5.41) is 3.43. The zero-order valence-corrected chi connectivity index (χ0v) is 20.7. The van der Waals surface area contributed by atoms with Crippen LogP contribution < -0.4 is 10.1 Å². The average molecular weight is 456 g/mol. The summed E-state index contributed by atoms with van der Waals surface area (Å²) < 4.78 is 32.4. The Kier molecular flexibility index (Phi) is 6.27. The van der Waals surface area contributed by atoms with Gasteiger partial charge in [-0.15, -0.1) is 0 Å². The van der Waals surface area contributed by atoms with Gasteiger partial charge in [-0.25, -0.2) is 9.18 Å². The Balaban J connectivity index is 2.06. The number of hydrogen-bond donors (Lipinski definition) is 1. The fourth-order valence-corrected chi connectivity index (χ4v) is 5.22. The maximum absolute atomic E-state index is 15.3. The fourth-order valence-electron chi connectivity index (χ4n) is 5.22. The Morgan fingerprint density at radius 1 is 1.09 bits per heavy atom. The number of halogens is 1. The fraction of sp³-hybridized carbons (Fsp3) is 0.519. The van der Waals surface area contributed by atoms with Crippen molar-refractivity contribution in [3.05, 3.63) is 50.8 Å². The third-order valence-electron chi connectivity index (χ3n) is 6.78. The van der Waals surface area contributed by atoms with Crippen LogP contribution >= 0.6 is 0 Å². The van der Waals surface area contributed by atoms with Crippen LogP contribution in [-0.2, 0) is 33.8 Å². The lowest BCUT2D eigenvalue weighted by molar-refractivity contribution is -0.164. The number of ether oxygens (including phenoxy) is 3. The minimum Gasteiger partial charge on any atom is -0.490 e. The van der Waals surface area contributed by atoms with Gasteiger partial charge in [-0.2, -0.15) is 0 Å². The van der Waals surface area contributed by atoms with Crippen molar-refractivity contribution in [2.45, 2.75) is 79.2 Å². The lowest BCUT2D eigenvalue weighted by Gasteiger charge is -2.31. The van der Waals surface area contributed by atoms with Crippen molar-refractivity contribution >= 4 is 5.97 Å². The molecule has 1 atom stereocenters. The first-order valence-corrected chi connectivity index (χ1v) is 11.6. The molecule has 4 rings (SSSR count). The zero-order chi connectivity index (χ0) is 24.1. The molecule has 0 bridgehead atoms. The maximum Gasteiger partial charge on any atom is 0.339 e. The summed E-state index contributed by atoms with van der Waals surface area (Å²) in [6.45, 7) is 13.9. The van der Waals surface area contributed by atoms with E-state index in [-0.39, 0.29) is 5.82 Å². The minimum absolute atomic E-state index is 0.358. The molecule has 2 aliphatic heterocycles. The molecule has 2 aliphatic rings. The second kappa shape index (κ2) is 8.73. The number of esters is 1. The third-order valence-corrected chi connectivity index (χ3v) is 6.78. The van der Waals surface area contributed by atoms with E-state index in [0.29, 0.717) is 12.4 Å². The quantitative estimate of drug-likeness (QED) is 0.628. The molecule has 0 radical (unpaired) electrons. The number of rotatable bonds is 4. The van der Waals surface area contributed by atoms with Gasteiger partial charge >= 0.3 is 5.97 Å². The maximum atomic E-state index is 15.3. The average Bonchev–Trinajstić information content (AvgIpc) is 3.27. The number of fused-ring (bicyclic) bond motifs is 2. The highest BCUT2D eigenvalue weighted by Gasteiger charge is 2.36. The lowest BCUT2D eigenvalue weighted by Crippen LogP contribution is -2.29. The van der Waals surface area contributed by atoms with Gasteiger partial charge < -0.3 is 19.5 Å². The van der Waals surface area contributed by atoms with E-state index in [1.54, 1.807) is 6.07 Å². The van der Waals surface area contributed by atoms with Gasteiger partial charge in [0.2, 0.25) is 0 Å². The Bertz CT molecular complexity index is 1120. The van der Waals surface area contributed by atoms with E-state index in [2.05, 4.69) is 12.2 Å². The van der Waals surface area contributed by atoms with Crippen LogP contribution in [-0.4, -0.2) is 25.3 Å². The van der Waals surface area contributed by atoms with Gasteiger partial charge in [0.05, 0.1) is 19.3 Å². The second-order valence-corrected chi connectivity index (χ2v) is 10.0. The van der Waals surface area contributed by atoms with Gasteiger partial charge in [0.1, 0.15) is 0 Å². The lowest BCUT2D eigenvalue weighted by atomic mass is 9.80. The van der Waals surface area contributed by atoms with Crippen LogP contribution in [0.15, 0.2) is 6.07 Å². The van der Waals surface area contributed by atoms with Gasteiger partial charge in [0.15, 0.2) is 17.7 Å². The first-order valence-electron chi connectivity index (χ1n) is 11.6. The topological polar surface area (TPSA) is 56.8 Å². The zero-order valence-electron chi connectivity index (χ0n) is 20.7. The molecule has 33 heavy (non-hydrogen) atoms. The molecule has 2 heterocycles. The van der Waals surface area contributed by atoms with E-state index in [9.17, 15) is 4.79 Å². The molecule has 0 fully saturated rings. The molecule has 0 spiro atoms. The van der Waals surface area contributed by atoms with Gasteiger partial charge in [-0.3, -0.25) is 0 Å². The Hall–Kier alpha value is -2.44. The molecule has 178 valence electrons. The van der Waals surface area contributed by atoms with Crippen LogP contribution in [0, 0.1) is 26.6 Å². The summed E-state index contributed by atoms with van der Waals surface area (Å²) in [6.07, 6.45) is 0.697. The molecule has 0 saturated carbocycles. The molecule has 0 amide bonds. The number of carbonyl (C=O) groups is 1. The third kappa shape index (κ3) is 4.15. The van der Waals surface area contributed by atoms with Crippen LogP contribution in [0.2, 0.25) is 0 Å². The number of carbonyl (C=O) groups excluding carboxylic acids is 1. The molecule has 1 N–H and O–H groups in total. The van der Waals surface area contributed by atoms with E-state index in [0.717, 1.165) is 64.9 Å². The number of benzene rings is 2. The van der Waals surface area contributed by atoms with Crippen molar-refractivity contribution in [2.24, 2.45) is 0 Å². The van der Waals surface area contributed by atoms with Crippen molar-refractivity contribution in [1.29, 1.82) is 0 Å². The molecule has 2 aromatic carbocycles. The number of nitrogens with one attached hydrogen (secondary N) is 1. The normalized spacial score (nSPS) is 16.1. The van der Waals surface area contributed by atoms with Crippen LogP contribution in [0.25, 0.3) is 11.1 Å². The SMILES string of the molecule is COC(=O)C(OC(C)(C)C)c1c(C)c2c(c(C)c1-c1cc(F)c3c(c1C)CCCO3)CNC2. The van der Waals surface area contributed by atoms with Crippen molar-refractivity contribution in [2.75, 3.05) is 13.7 Å². The molecule has 0 aliphatic carbocycles. The van der Waals surface area contributed by atoms with E-state index in [4.69, 9.17) is 14.2 Å². The van der Waals surface area contributed by atoms with Gasteiger partial charge in [-0.05, 0) is 99.4 Å². The van der Waals surface area contributed by atoms with Crippen molar-refractivity contribution in [1.82, 2.24) is 5.32 Å². The Labute approximate surface area is 195 Å². The van der Waals surface area contributed by atoms with E-state index in [1.165, 1.54) is 18.2 Å². The minimum atomic E-state index is -0.927. The molecule has 2 aromatic rings. The Morgan fingerprint density at radius 3 is 2.39 bits per heavy atom. The van der Waals surface area contributed by atoms with Crippen LogP contribution in [0.5, 0.6) is 5.75 Å². The summed E-state index contributed by atoms with van der Waals surface area (Å²) >= 11 is 0. The number of methoxy groups -OCH3 is 1. The molecule has 6 heteroatoms. The largest absolute Gasteiger partial charge is 0.490 e. The summed E-state index contributed by atoms with van der Waals surface area (Å²) in [5.74, 6) is -0.464. The number of hydrogen-bond acceptors (Lipinski definition) is 5. The van der Waals surface area contributed by atoms with E-state index < -0.39 is 17.7 Å². The standard InChI is InChI=1S/C27H34FNO4/c1-14-17-9-8-10-32-24(17)21(28)11-18(14)22-15(2)19-12-29-13-20(19)16(3)23(22)25(26(30)31-7)33-27(4,5)6/h11,25,29H,8-10,12-13H2,1-7H3. The monoisotopic (exact) mass is 455 g/mol. The molecule has 0 saturated heterocycles. The highest BCUT2D eigenvalue weighted by Crippen LogP contribution is 2.46. The summed E-state index contributed by atoms with van der Waals surface area (Å²) in [7, 11) is 1.37. The summed E-state index contributed by atoms with van der Waals surface area (Å²) in [5.41, 5.74) is 8.13. The van der Waals surface area contributed by atoms with E-state index in [1.807, 2.05) is 34.6 Å². The van der Waals surface area contributed by atoms with Crippen molar-refractivity contribution < 1.29 is 23.4 Å². The highest BCUT2D eigenvalue weighted by molar-refractivity contribution is 5.86.